The third-order valence-corrected chi connectivity index (χ3v) is 6.46. The lowest BCUT2D eigenvalue weighted by atomic mass is 10.2. The minimum Gasteiger partial charge on any atom is -0.463 e. The third kappa shape index (κ3) is 4.68. The van der Waals surface area contributed by atoms with Gasteiger partial charge in [-0.1, -0.05) is 0 Å². The first-order chi connectivity index (χ1) is 15.6. The van der Waals surface area contributed by atoms with Crippen molar-refractivity contribution in [1.82, 2.24) is 14.5 Å². The fraction of sp³-hybridized carbons (Fsp3) is 0.250. The lowest BCUT2D eigenvalue weighted by Crippen LogP contribution is -2.40. The van der Waals surface area contributed by atoms with E-state index in [4.69, 9.17) is 4.42 Å². The number of fused-ring (bicyclic) bond motifs is 1. The van der Waals surface area contributed by atoms with Crippen LogP contribution in [-0.4, -0.2) is 43.4 Å². The predicted molar refractivity (Wildman–Crippen MR) is 110 cm³/mol. The number of sulfonamides is 1. The molecule has 1 aliphatic heterocycles. The van der Waals surface area contributed by atoms with Crippen LogP contribution in [0.15, 0.2) is 62.8 Å². The summed E-state index contributed by atoms with van der Waals surface area (Å²) >= 11 is 0. The summed E-state index contributed by atoms with van der Waals surface area (Å²) in [6, 6.07) is 9.65. The van der Waals surface area contributed by atoms with Crippen LogP contribution >= 0.6 is 0 Å². The van der Waals surface area contributed by atoms with Crippen LogP contribution in [-0.2, 0) is 27.8 Å². The third-order valence-electron chi connectivity index (χ3n) is 5.00. The largest absolute Gasteiger partial charge is 0.471 e. The molecule has 0 radical (unpaired) electrons. The zero-order chi connectivity index (χ0) is 23.8. The maximum Gasteiger partial charge on any atom is 0.471 e. The van der Waals surface area contributed by atoms with E-state index in [1.165, 1.54) is 30.5 Å². The Hall–Kier alpha value is -3.45. The highest BCUT2D eigenvalue weighted by Gasteiger charge is 2.44. The highest BCUT2D eigenvalue weighted by atomic mass is 32.2. The van der Waals surface area contributed by atoms with Crippen LogP contribution in [0.5, 0.6) is 0 Å². The van der Waals surface area contributed by atoms with E-state index in [2.05, 4.69) is 9.82 Å². The number of aromatic nitrogens is 2. The molecule has 1 aliphatic rings. The number of hydrogen-bond acceptors (Lipinski definition) is 6. The molecule has 0 bridgehead atoms. The van der Waals surface area contributed by atoms with Gasteiger partial charge in [0.15, 0.2) is 5.76 Å². The normalized spacial score (nSPS) is 13.8. The maximum absolute atomic E-state index is 12.7. The van der Waals surface area contributed by atoms with E-state index in [0.717, 1.165) is 10.7 Å². The number of hydrogen-bond donors (Lipinski definition) is 1. The van der Waals surface area contributed by atoms with E-state index >= 15 is 0 Å². The van der Waals surface area contributed by atoms with Gasteiger partial charge < -0.3 is 9.32 Å². The zero-order valence-electron chi connectivity index (χ0n) is 16.9. The number of alkyl halides is 3. The van der Waals surface area contributed by atoms with Gasteiger partial charge in [-0.3, -0.25) is 9.59 Å². The standard InChI is InChI=1S/C20H17F3N4O5S/c21-20(22,23)19(29)26-9-7-13-12-14(3-5-16(13)26)33(30,31)24-8-10-27-18(28)6-4-15(25-27)17-2-1-11-32-17/h1-6,11-12,24H,7-10H2. The molecule has 9 nitrogen and oxygen atoms in total. The van der Waals surface area contributed by atoms with Gasteiger partial charge in [0.25, 0.3) is 5.56 Å². The average Bonchev–Trinajstić information content (AvgIpc) is 3.43. The zero-order valence-corrected chi connectivity index (χ0v) is 17.7. The van der Waals surface area contributed by atoms with E-state index in [1.54, 1.807) is 12.1 Å². The number of amides is 1. The Morgan fingerprint density at radius 1 is 1.18 bits per heavy atom. The number of nitrogens with one attached hydrogen (secondary N) is 1. The molecule has 0 aliphatic carbocycles. The van der Waals surface area contributed by atoms with Gasteiger partial charge in [0.2, 0.25) is 10.0 Å². The molecule has 0 atom stereocenters. The van der Waals surface area contributed by atoms with Crippen LogP contribution in [0, 0.1) is 0 Å². The van der Waals surface area contributed by atoms with Crippen molar-refractivity contribution in [1.29, 1.82) is 0 Å². The Kier molecular flexibility index (Phi) is 5.84. The molecule has 33 heavy (non-hydrogen) atoms. The smallest absolute Gasteiger partial charge is 0.463 e. The van der Waals surface area contributed by atoms with Crippen molar-refractivity contribution in [2.45, 2.75) is 24.0 Å². The van der Waals surface area contributed by atoms with E-state index < -0.39 is 27.7 Å². The van der Waals surface area contributed by atoms with Gasteiger partial charge in [-0.15, -0.1) is 0 Å². The number of furan rings is 1. The highest BCUT2D eigenvalue weighted by molar-refractivity contribution is 7.89. The van der Waals surface area contributed by atoms with Crippen LogP contribution in [0.4, 0.5) is 18.9 Å². The van der Waals surface area contributed by atoms with Gasteiger partial charge in [-0.2, -0.15) is 18.3 Å². The molecule has 1 N–H and O–H groups in total. The van der Waals surface area contributed by atoms with Crippen molar-refractivity contribution in [3.05, 3.63) is 64.6 Å². The van der Waals surface area contributed by atoms with Crippen molar-refractivity contribution in [2.75, 3.05) is 18.0 Å². The van der Waals surface area contributed by atoms with Crippen LogP contribution < -0.4 is 15.2 Å². The molecule has 13 heteroatoms. The molecule has 3 aromatic rings. The lowest BCUT2D eigenvalue weighted by Gasteiger charge is -2.19. The fourth-order valence-electron chi connectivity index (χ4n) is 3.44. The molecule has 2 aromatic heterocycles. The number of benzene rings is 1. The summed E-state index contributed by atoms with van der Waals surface area (Å²) in [5.74, 6) is -1.55. The Labute approximate surface area is 185 Å². The summed E-state index contributed by atoms with van der Waals surface area (Å²) in [5, 5.41) is 4.15. The summed E-state index contributed by atoms with van der Waals surface area (Å²) in [7, 11) is -4.02. The molecular formula is C20H17F3N4O5S. The second-order valence-electron chi connectivity index (χ2n) is 7.15. The van der Waals surface area contributed by atoms with Gasteiger partial charge in [-0.25, -0.2) is 17.8 Å². The Balaban J connectivity index is 1.46. The van der Waals surface area contributed by atoms with Crippen molar-refractivity contribution in [2.24, 2.45) is 0 Å². The molecule has 0 saturated heterocycles. The van der Waals surface area contributed by atoms with Gasteiger partial charge in [0, 0.05) is 24.8 Å². The topological polar surface area (TPSA) is 115 Å². The van der Waals surface area contributed by atoms with Crippen LogP contribution in [0.2, 0.25) is 0 Å². The van der Waals surface area contributed by atoms with Crippen molar-refractivity contribution >= 4 is 21.6 Å². The summed E-state index contributed by atoms with van der Waals surface area (Å²) in [4.78, 5) is 24.0. The Bertz CT molecular complexity index is 1350. The molecule has 0 unspecified atom stereocenters. The van der Waals surface area contributed by atoms with Crippen LogP contribution in [0.3, 0.4) is 0 Å². The summed E-state index contributed by atoms with van der Waals surface area (Å²) in [5.41, 5.74) is 0.316. The first kappa shape index (κ1) is 22.7. The number of carbonyl (C=O) groups is 1. The molecule has 1 aromatic carbocycles. The molecule has 3 heterocycles. The molecule has 1 amide bonds. The minimum absolute atomic E-state index is 0.0294. The second kappa shape index (κ2) is 8.48. The first-order valence-corrected chi connectivity index (χ1v) is 11.2. The lowest BCUT2D eigenvalue weighted by molar-refractivity contribution is -0.170. The van der Waals surface area contributed by atoms with E-state index in [-0.39, 0.29) is 36.6 Å². The number of anilines is 1. The quantitative estimate of drug-likeness (QED) is 0.574. The van der Waals surface area contributed by atoms with Gasteiger partial charge >= 0.3 is 12.1 Å². The van der Waals surface area contributed by atoms with E-state index in [0.29, 0.717) is 21.9 Å². The number of nitrogens with zero attached hydrogens (tertiary/aromatic N) is 3. The Morgan fingerprint density at radius 2 is 1.97 bits per heavy atom. The molecule has 0 saturated carbocycles. The SMILES string of the molecule is O=C(N1CCc2cc(S(=O)(=O)NCCn3nc(-c4ccco4)ccc3=O)ccc21)C(F)(F)F. The molecule has 4 rings (SSSR count). The summed E-state index contributed by atoms with van der Waals surface area (Å²) in [6.45, 7) is -0.413. The van der Waals surface area contributed by atoms with Crippen LogP contribution in [0.1, 0.15) is 5.56 Å². The fourth-order valence-corrected chi connectivity index (χ4v) is 4.51. The number of halogens is 3. The van der Waals surface area contributed by atoms with Crippen molar-refractivity contribution < 1.29 is 30.8 Å². The van der Waals surface area contributed by atoms with Gasteiger partial charge in [-0.05, 0) is 48.4 Å². The minimum atomic E-state index is -5.02. The van der Waals surface area contributed by atoms with E-state index in [9.17, 15) is 31.2 Å². The number of carbonyl (C=O) groups excluding carboxylic acids is 1. The number of rotatable bonds is 6. The predicted octanol–water partition coefficient (Wildman–Crippen LogP) is 1.93. The molecular weight excluding hydrogens is 465 g/mol. The summed E-state index contributed by atoms with van der Waals surface area (Å²) in [6.07, 6.45) is -3.47. The first-order valence-electron chi connectivity index (χ1n) is 9.69. The van der Waals surface area contributed by atoms with Crippen molar-refractivity contribution in [3.63, 3.8) is 0 Å². The van der Waals surface area contributed by atoms with Gasteiger partial charge in [0.05, 0.1) is 17.7 Å². The average molecular weight is 482 g/mol. The molecule has 174 valence electrons. The molecule has 0 spiro atoms. The van der Waals surface area contributed by atoms with E-state index in [1.807, 2.05) is 0 Å². The molecule has 0 fully saturated rings. The second-order valence-corrected chi connectivity index (χ2v) is 8.92. The van der Waals surface area contributed by atoms with Crippen LogP contribution in [0.25, 0.3) is 11.5 Å². The maximum atomic E-state index is 12.7. The Morgan fingerprint density at radius 3 is 2.67 bits per heavy atom. The highest BCUT2D eigenvalue weighted by Crippen LogP contribution is 2.33. The van der Waals surface area contributed by atoms with Gasteiger partial charge in [0.1, 0.15) is 5.69 Å². The summed E-state index contributed by atoms with van der Waals surface area (Å²) < 4.78 is 72.2. The van der Waals surface area contributed by atoms with Crippen molar-refractivity contribution in [3.8, 4) is 11.5 Å². The monoisotopic (exact) mass is 482 g/mol.